The molecule has 1 aromatic rings. The first-order valence-corrected chi connectivity index (χ1v) is 6.75. The molecule has 0 aliphatic heterocycles. The summed E-state index contributed by atoms with van der Waals surface area (Å²) in [6.07, 6.45) is 1.22. The number of benzene rings is 1. The van der Waals surface area contributed by atoms with E-state index < -0.39 is 5.97 Å². The molecule has 0 fully saturated rings. The molecule has 100 valence electrons. The average molecular weight is 315 g/mol. The van der Waals surface area contributed by atoms with Crippen molar-refractivity contribution in [3.05, 3.63) is 27.7 Å². The number of hydrogen-bond donors (Lipinski definition) is 2. The van der Waals surface area contributed by atoms with E-state index in [1.54, 1.807) is 0 Å². The summed E-state index contributed by atoms with van der Waals surface area (Å²) in [6.45, 7) is 6.11. The Kier molecular flexibility index (Phi) is 4.79. The normalized spacial score (nSPS) is 11.6. The maximum Gasteiger partial charge on any atom is 0.303 e. The molecule has 0 amide bonds. The van der Waals surface area contributed by atoms with Crippen LogP contribution in [0.25, 0.3) is 0 Å². The lowest BCUT2D eigenvalue weighted by Gasteiger charge is -2.22. The molecule has 2 N–H and O–H groups in total. The van der Waals surface area contributed by atoms with Crippen molar-refractivity contribution in [2.24, 2.45) is 0 Å². The van der Waals surface area contributed by atoms with Crippen LogP contribution in [0.1, 0.15) is 44.7 Å². The van der Waals surface area contributed by atoms with E-state index in [1.165, 1.54) is 0 Å². The molecule has 0 aliphatic rings. The molecule has 0 radical (unpaired) electrons. The van der Waals surface area contributed by atoms with Crippen molar-refractivity contribution >= 4 is 21.9 Å². The SMILES string of the molecule is CC(C)(C)c1cc(Br)cc(CCCC(=O)O)c1O. The summed E-state index contributed by atoms with van der Waals surface area (Å²) in [7, 11) is 0. The van der Waals surface area contributed by atoms with Crippen LogP contribution >= 0.6 is 15.9 Å². The first kappa shape index (κ1) is 15.0. The Hall–Kier alpha value is -1.03. The van der Waals surface area contributed by atoms with Crippen LogP contribution in [0.4, 0.5) is 0 Å². The van der Waals surface area contributed by atoms with Gasteiger partial charge in [-0.25, -0.2) is 0 Å². The van der Waals surface area contributed by atoms with Crippen LogP contribution in [-0.4, -0.2) is 16.2 Å². The van der Waals surface area contributed by atoms with Gasteiger partial charge in [0.2, 0.25) is 0 Å². The number of halogens is 1. The van der Waals surface area contributed by atoms with Crippen molar-refractivity contribution in [2.75, 3.05) is 0 Å². The summed E-state index contributed by atoms with van der Waals surface area (Å²) in [5, 5.41) is 18.9. The van der Waals surface area contributed by atoms with Gasteiger partial charge in [-0.2, -0.15) is 0 Å². The standard InChI is InChI=1S/C14H19BrO3/c1-14(2,3)11-8-10(15)7-9(13(11)18)5-4-6-12(16)17/h7-8,18H,4-6H2,1-3H3,(H,16,17). The molecule has 18 heavy (non-hydrogen) atoms. The summed E-state index contributed by atoms with van der Waals surface area (Å²) in [5.41, 5.74) is 1.54. The monoisotopic (exact) mass is 314 g/mol. The zero-order valence-electron chi connectivity index (χ0n) is 11.0. The number of carboxylic acid groups (broad SMARTS) is 1. The number of aliphatic carboxylic acids is 1. The van der Waals surface area contributed by atoms with Gasteiger partial charge < -0.3 is 10.2 Å². The van der Waals surface area contributed by atoms with Crippen molar-refractivity contribution in [2.45, 2.75) is 45.4 Å². The minimum absolute atomic E-state index is 0.122. The quantitative estimate of drug-likeness (QED) is 0.887. The molecule has 0 saturated carbocycles. The van der Waals surface area contributed by atoms with E-state index in [1.807, 2.05) is 32.9 Å². The van der Waals surface area contributed by atoms with Crippen LogP contribution in [0.15, 0.2) is 16.6 Å². The van der Waals surface area contributed by atoms with Gasteiger partial charge in [-0.05, 0) is 36.0 Å². The predicted octanol–water partition coefficient (Wildman–Crippen LogP) is 3.86. The molecule has 0 atom stereocenters. The number of aromatic hydroxyl groups is 1. The second-order valence-electron chi connectivity index (χ2n) is 5.46. The largest absolute Gasteiger partial charge is 0.507 e. The first-order chi connectivity index (χ1) is 8.21. The first-order valence-electron chi connectivity index (χ1n) is 5.95. The highest BCUT2D eigenvalue weighted by Crippen LogP contribution is 2.36. The molecular formula is C14H19BrO3. The third kappa shape index (κ3) is 4.02. The Bertz CT molecular complexity index is 447. The van der Waals surface area contributed by atoms with Gasteiger partial charge in [0.15, 0.2) is 0 Å². The topological polar surface area (TPSA) is 57.5 Å². The lowest BCUT2D eigenvalue weighted by molar-refractivity contribution is -0.137. The van der Waals surface area contributed by atoms with Crippen LogP contribution in [0.3, 0.4) is 0 Å². The highest BCUT2D eigenvalue weighted by atomic mass is 79.9. The molecule has 0 spiro atoms. The number of hydrogen-bond acceptors (Lipinski definition) is 2. The van der Waals surface area contributed by atoms with Gasteiger partial charge in [0.25, 0.3) is 0 Å². The van der Waals surface area contributed by atoms with E-state index in [0.29, 0.717) is 12.8 Å². The van der Waals surface area contributed by atoms with Crippen LogP contribution < -0.4 is 0 Å². The molecule has 0 unspecified atom stereocenters. The highest BCUT2D eigenvalue weighted by Gasteiger charge is 2.20. The Balaban J connectivity index is 2.99. The van der Waals surface area contributed by atoms with Crippen molar-refractivity contribution in [1.82, 2.24) is 0 Å². The predicted molar refractivity (Wildman–Crippen MR) is 75.1 cm³/mol. The molecule has 0 aliphatic carbocycles. The molecular weight excluding hydrogens is 296 g/mol. The van der Waals surface area contributed by atoms with Crippen LogP contribution in [0.2, 0.25) is 0 Å². The number of rotatable bonds is 4. The van der Waals surface area contributed by atoms with E-state index >= 15 is 0 Å². The van der Waals surface area contributed by atoms with Crippen LogP contribution in [0.5, 0.6) is 5.75 Å². The third-order valence-corrected chi connectivity index (χ3v) is 3.26. The van der Waals surface area contributed by atoms with Crippen molar-refractivity contribution in [3.63, 3.8) is 0 Å². The van der Waals surface area contributed by atoms with Gasteiger partial charge in [0.05, 0.1) is 0 Å². The summed E-state index contributed by atoms with van der Waals surface area (Å²) in [5.74, 6) is -0.517. The molecule has 0 saturated heterocycles. The number of phenols is 1. The van der Waals surface area contributed by atoms with Gasteiger partial charge >= 0.3 is 5.97 Å². The maximum absolute atomic E-state index is 10.5. The Morgan fingerprint density at radius 2 is 1.94 bits per heavy atom. The zero-order valence-corrected chi connectivity index (χ0v) is 12.5. The Morgan fingerprint density at radius 3 is 2.44 bits per heavy atom. The second-order valence-corrected chi connectivity index (χ2v) is 6.37. The fourth-order valence-electron chi connectivity index (χ4n) is 1.85. The minimum Gasteiger partial charge on any atom is -0.507 e. The second kappa shape index (κ2) is 5.74. The lowest BCUT2D eigenvalue weighted by Crippen LogP contribution is -2.12. The fraction of sp³-hybridized carbons (Fsp3) is 0.500. The van der Waals surface area contributed by atoms with E-state index in [9.17, 15) is 9.90 Å². The lowest BCUT2D eigenvalue weighted by atomic mass is 9.84. The van der Waals surface area contributed by atoms with Crippen molar-refractivity contribution in [1.29, 1.82) is 0 Å². The minimum atomic E-state index is -0.805. The van der Waals surface area contributed by atoms with Gasteiger partial charge in [0, 0.05) is 16.5 Å². The molecule has 0 heterocycles. The van der Waals surface area contributed by atoms with Gasteiger partial charge in [-0.1, -0.05) is 36.7 Å². The molecule has 1 rings (SSSR count). The van der Waals surface area contributed by atoms with Crippen LogP contribution in [-0.2, 0) is 16.6 Å². The fourth-order valence-corrected chi connectivity index (χ4v) is 2.35. The molecule has 0 aromatic heterocycles. The number of phenolic OH excluding ortho intramolecular Hbond substituents is 1. The third-order valence-electron chi connectivity index (χ3n) is 2.80. The van der Waals surface area contributed by atoms with Crippen molar-refractivity contribution in [3.8, 4) is 5.75 Å². The molecule has 1 aromatic carbocycles. The summed E-state index contributed by atoms with van der Waals surface area (Å²) >= 11 is 3.43. The molecule has 0 bridgehead atoms. The summed E-state index contributed by atoms with van der Waals surface area (Å²) in [4.78, 5) is 10.5. The molecule has 3 nitrogen and oxygen atoms in total. The van der Waals surface area contributed by atoms with E-state index in [4.69, 9.17) is 5.11 Å². The highest BCUT2D eigenvalue weighted by molar-refractivity contribution is 9.10. The summed E-state index contributed by atoms with van der Waals surface area (Å²) < 4.78 is 0.913. The van der Waals surface area contributed by atoms with E-state index in [-0.39, 0.29) is 17.6 Å². The van der Waals surface area contributed by atoms with Crippen molar-refractivity contribution < 1.29 is 15.0 Å². The zero-order chi connectivity index (χ0) is 13.9. The number of carboxylic acids is 1. The van der Waals surface area contributed by atoms with Gasteiger partial charge in [-0.3, -0.25) is 4.79 Å². The smallest absolute Gasteiger partial charge is 0.303 e. The number of carbonyl (C=O) groups is 1. The average Bonchev–Trinajstić information content (AvgIpc) is 2.20. The summed E-state index contributed by atoms with van der Waals surface area (Å²) in [6, 6.07) is 3.77. The van der Waals surface area contributed by atoms with Gasteiger partial charge in [0.1, 0.15) is 5.75 Å². The number of aryl methyl sites for hydroxylation is 1. The van der Waals surface area contributed by atoms with E-state index in [0.717, 1.165) is 15.6 Å². The van der Waals surface area contributed by atoms with Gasteiger partial charge in [-0.15, -0.1) is 0 Å². The molecule has 4 heteroatoms. The van der Waals surface area contributed by atoms with E-state index in [2.05, 4.69) is 15.9 Å². The van der Waals surface area contributed by atoms with Crippen LogP contribution in [0, 0.1) is 0 Å². The maximum atomic E-state index is 10.5. The Morgan fingerprint density at radius 1 is 1.33 bits per heavy atom. The Labute approximate surface area is 116 Å².